The summed E-state index contributed by atoms with van der Waals surface area (Å²) in [6, 6.07) is 6.75. The first kappa shape index (κ1) is 15.8. The number of Topliss-reactive ketones (excluding diaryl/α,β-unsaturated/α-hetero) is 1. The van der Waals surface area contributed by atoms with Crippen molar-refractivity contribution in [2.24, 2.45) is 17.3 Å². The summed E-state index contributed by atoms with van der Waals surface area (Å²) < 4.78 is 0. The first-order chi connectivity index (χ1) is 11.5. The van der Waals surface area contributed by atoms with E-state index in [4.69, 9.17) is 0 Å². The Kier molecular flexibility index (Phi) is 3.74. The summed E-state index contributed by atoms with van der Waals surface area (Å²) in [6.07, 6.45) is 8.94. The van der Waals surface area contributed by atoms with Crippen molar-refractivity contribution < 1.29 is 9.59 Å². The van der Waals surface area contributed by atoms with Gasteiger partial charge in [-0.05, 0) is 85.1 Å². The Balaban J connectivity index is 1.67. The molecule has 0 bridgehead atoms. The van der Waals surface area contributed by atoms with Gasteiger partial charge in [-0.1, -0.05) is 25.1 Å². The number of aryl methyl sites for hydroxylation is 1. The van der Waals surface area contributed by atoms with Gasteiger partial charge in [0.1, 0.15) is 12.1 Å². The molecule has 0 unspecified atom stereocenters. The molecule has 0 N–H and O–H groups in total. The zero-order valence-corrected chi connectivity index (χ0v) is 14.7. The molecule has 0 amide bonds. The monoisotopic (exact) mass is 322 g/mol. The molecule has 2 fully saturated rings. The van der Waals surface area contributed by atoms with E-state index < -0.39 is 0 Å². The summed E-state index contributed by atoms with van der Waals surface area (Å²) in [7, 11) is 0. The number of allylic oxidation sites excluding steroid dienone is 2. The van der Waals surface area contributed by atoms with Gasteiger partial charge in [-0.25, -0.2) is 0 Å². The lowest BCUT2D eigenvalue weighted by Crippen LogP contribution is -2.42. The molecule has 0 spiro atoms. The molecular formula is C22H26O2. The molecule has 4 rings (SSSR count). The summed E-state index contributed by atoms with van der Waals surface area (Å²) >= 11 is 0. The second-order valence-electron chi connectivity index (χ2n) is 8.23. The van der Waals surface area contributed by atoms with Crippen molar-refractivity contribution in [1.29, 1.82) is 0 Å². The fourth-order valence-electron chi connectivity index (χ4n) is 5.80. The number of carbonyl (C=O) groups is 2. The third-order valence-corrected chi connectivity index (χ3v) is 7.21. The van der Waals surface area contributed by atoms with E-state index in [0.717, 1.165) is 49.5 Å². The average Bonchev–Trinajstić information content (AvgIpc) is 2.89. The van der Waals surface area contributed by atoms with Crippen LogP contribution in [0.15, 0.2) is 24.3 Å². The fourth-order valence-corrected chi connectivity index (χ4v) is 5.80. The summed E-state index contributed by atoms with van der Waals surface area (Å²) in [5.41, 5.74) is 5.13. The van der Waals surface area contributed by atoms with E-state index in [0.29, 0.717) is 23.5 Å². The van der Waals surface area contributed by atoms with E-state index in [2.05, 4.69) is 25.1 Å². The average molecular weight is 322 g/mol. The van der Waals surface area contributed by atoms with Crippen molar-refractivity contribution >= 4 is 17.6 Å². The number of hydrogen-bond acceptors (Lipinski definition) is 2. The normalized spacial score (nSPS) is 35.2. The Hall–Kier alpha value is -1.70. The molecule has 3 aliphatic rings. The zero-order valence-electron chi connectivity index (χ0n) is 14.7. The van der Waals surface area contributed by atoms with Crippen molar-refractivity contribution in [3.05, 3.63) is 41.0 Å². The predicted molar refractivity (Wildman–Crippen MR) is 95.8 cm³/mol. The Bertz CT molecular complexity index is 729. The van der Waals surface area contributed by atoms with Crippen LogP contribution in [0, 0.1) is 17.3 Å². The molecule has 0 aliphatic heterocycles. The Labute approximate surface area is 144 Å². The maximum Gasteiger partial charge on any atom is 0.143 e. The van der Waals surface area contributed by atoms with Gasteiger partial charge in [-0.15, -0.1) is 0 Å². The zero-order chi connectivity index (χ0) is 16.9. The molecule has 2 nitrogen and oxygen atoms in total. The van der Waals surface area contributed by atoms with Gasteiger partial charge in [-0.2, -0.15) is 0 Å². The highest BCUT2D eigenvalue weighted by atomic mass is 16.1. The van der Waals surface area contributed by atoms with Crippen LogP contribution in [0.5, 0.6) is 0 Å². The first-order valence-electron chi connectivity index (χ1n) is 9.33. The minimum Gasteiger partial charge on any atom is -0.299 e. The summed E-state index contributed by atoms with van der Waals surface area (Å²) in [6.45, 7) is 4.23. The van der Waals surface area contributed by atoms with Gasteiger partial charge in [0.15, 0.2) is 0 Å². The van der Waals surface area contributed by atoms with Crippen LogP contribution in [0.4, 0.5) is 0 Å². The molecule has 1 aromatic rings. The fraction of sp³-hybridized carbons (Fsp3) is 0.545. The summed E-state index contributed by atoms with van der Waals surface area (Å²) in [5.74, 6) is 2.41. The maximum absolute atomic E-state index is 12.4. The molecular weight excluding hydrogens is 296 g/mol. The largest absolute Gasteiger partial charge is 0.299 e. The van der Waals surface area contributed by atoms with Crippen molar-refractivity contribution in [2.75, 3.05) is 0 Å². The van der Waals surface area contributed by atoms with Gasteiger partial charge in [0.25, 0.3) is 0 Å². The first-order valence-corrected chi connectivity index (χ1v) is 9.33. The third kappa shape index (κ3) is 2.22. The molecule has 1 aromatic carbocycles. The van der Waals surface area contributed by atoms with Gasteiger partial charge in [0.05, 0.1) is 0 Å². The predicted octanol–water partition coefficient (Wildman–Crippen LogP) is 4.71. The molecule has 24 heavy (non-hydrogen) atoms. The highest BCUT2D eigenvalue weighted by molar-refractivity contribution is 5.87. The van der Waals surface area contributed by atoms with Gasteiger partial charge >= 0.3 is 0 Å². The molecule has 0 aromatic heterocycles. The van der Waals surface area contributed by atoms with Crippen LogP contribution in [0.3, 0.4) is 0 Å². The van der Waals surface area contributed by atoms with E-state index in [-0.39, 0.29) is 5.41 Å². The van der Waals surface area contributed by atoms with Crippen LogP contribution < -0.4 is 0 Å². The minimum absolute atomic E-state index is 0.0398. The Morgan fingerprint density at radius 1 is 1.21 bits per heavy atom. The summed E-state index contributed by atoms with van der Waals surface area (Å²) in [5, 5.41) is 0. The summed E-state index contributed by atoms with van der Waals surface area (Å²) in [4.78, 5) is 23.1. The number of benzene rings is 1. The van der Waals surface area contributed by atoms with E-state index in [9.17, 15) is 9.59 Å². The lowest BCUT2D eigenvalue weighted by Gasteiger charge is -2.48. The second kappa shape index (κ2) is 5.68. The van der Waals surface area contributed by atoms with Gasteiger partial charge < -0.3 is 0 Å². The standard InChI is InChI=1S/C22H26O2/c1-14(10-12-23)15-3-5-17-16(13-15)4-6-19-18(17)9-11-22(2)20(19)7-8-21(22)24/h3,5,10,12-13,18-20H,4,6-9,11H2,1-2H3/b14-10+/t18-,19-,20+,22+/m1/s1. The lowest BCUT2D eigenvalue weighted by molar-refractivity contribution is -0.129. The number of aldehydes is 1. The van der Waals surface area contributed by atoms with Crippen LogP contribution in [0.1, 0.15) is 68.6 Å². The molecule has 0 heterocycles. The highest BCUT2D eigenvalue weighted by Gasteiger charge is 2.54. The lowest BCUT2D eigenvalue weighted by atomic mass is 9.55. The third-order valence-electron chi connectivity index (χ3n) is 7.21. The van der Waals surface area contributed by atoms with Crippen LogP contribution >= 0.6 is 0 Å². The Morgan fingerprint density at radius 2 is 2.04 bits per heavy atom. The topological polar surface area (TPSA) is 34.1 Å². The van der Waals surface area contributed by atoms with E-state index in [1.165, 1.54) is 17.5 Å². The Morgan fingerprint density at radius 3 is 2.83 bits per heavy atom. The van der Waals surface area contributed by atoms with Gasteiger partial charge in [-0.3, -0.25) is 9.59 Å². The number of rotatable bonds is 2. The molecule has 2 saturated carbocycles. The van der Waals surface area contributed by atoms with Crippen LogP contribution in [0.2, 0.25) is 0 Å². The number of carbonyl (C=O) groups excluding carboxylic acids is 2. The SMILES string of the molecule is C/C(=C\C=O)c1ccc2c(c1)CC[C@@H]1[C@@H]2CC[C@]2(C)C(=O)CC[C@@H]12. The van der Waals surface area contributed by atoms with Crippen molar-refractivity contribution in [2.45, 2.75) is 58.3 Å². The smallest absolute Gasteiger partial charge is 0.143 e. The van der Waals surface area contributed by atoms with E-state index in [1.807, 2.05) is 6.92 Å². The maximum atomic E-state index is 12.4. The second-order valence-corrected chi connectivity index (χ2v) is 8.23. The molecule has 0 radical (unpaired) electrons. The molecule has 4 atom stereocenters. The number of fused-ring (bicyclic) bond motifs is 5. The van der Waals surface area contributed by atoms with E-state index in [1.54, 1.807) is 6.08 Å². The molecule has 3 aliphatic carbocycles. The van der Waals surface area contributed by atoms with Crippen molar-refractivity contribution in [3.63, 3.8) is 0 Å². The van der Waals surface area contributed by atoms with Crippen LogP contribution in [-0.4, -0.2) is 12.1 Å². The molecule has 126 valence electrons. The van der Waals surface area contributed by atoms with Crippen molar-refractivity contribution in [3.8, 4) is 0 Å². The highest BCUT2D eigenvalue weighted by Crippen LogP contribution is 2.59. The molecule has 0 saturated heterocycles. The number of ketones is 1. The van der Waals surface area contributed by atoms with Gasteiger partial charge in [0, 0.05) is 11.8 Å². The van der Waals surface area contributed by atoms with E-state index >= 15 is 0 Å². The quantitative estimate of drug-likeness (QED) is 0.583. The minimum atomic E-state index is -0.0398. The van der Waals surface area contributed by atoms with Crippen LogP contribution in [-0.2, 0) is 16.0 Å². The van der Waals surface area contributed by atoms with Gasteiger partial charge in [0.2, 0.25) is 0 Å². The van der Waals surface area contributed by atoms with Crippen molar-refractivity contribution in [1.82, 2.24) is 0 Å². The van der Waals surface area contributed by atoms with Crippen LogP contribution in [0.25, 0.3) is 5.57 Å². The molecule has 2 heteroatoms. The number of hydrogen-bond donors (Lipinski definition) is 0.